The minimum Gasteiger partial charge on any atom is -0.497 e. The summed E-state index contributed by atoms with van der Waals surface area (Å²) in [6, 6.07) is 17.2. The number of carbonyl (C=O) groups excluding carboxylic acids is 1. The molecule has 0 fully saturated rings. The Labute approximate surface area is 179 Å². The van der Waals surface area contributed by atoms with Crippen LogP contribution in [0.5, 0.6) is 5.75 Å². The lowest BCUT2D eigenvalue weighted by molar-refractivity contribution is 0.0376. The number of alkyl carbamates (subject to hydrolysis) is 1. The van der Waals surface area contributed by atoms with Crippen molar-refractivity contribution in [2.45, 2.75) is 51.5 Å². The lowest BCUT2D eigenvalue weighted by Gasteiger charge is -2.29. The van der Waals surface area contributed by atoms with Crippen molar-refractivity contribution in [2.75, 3.05) is 20.7 Å². The molecule has 2 N–H and O–H groups in total. The third kappa shape index (κ3) is 8.43. The zero-order valence-corrected chi connectivity index (χ0v) is 18.6. The fourth-order valence-electron chi connectivity index (χ4n) is 3.20. The van der Waals surface area contributed by atoms with Crippen molar-refractivity contribution >= 4 is 6.09 Å². The van der Waals surface area contributed by atoms with Crippen LogP contribution in [0.3, 0.4) is 0 Å². The largest absolute Gasteiger partial charge is 0.497 e. The molecular weight excluding hydrogens is 380 g/mol. The van der Waals surface area contributed by atoms with Gasteiger partial charge in [-0.15, -0.1) is 0 Å². The van der Waals surface area contributed by atoms with Crippen molar-refractivity contribution < 1.29 is 19.4 Å². The lowest BCUT2D eigenvalue weighted by Crippen LogP contribution is -2.50. The molecule has 0 saturated carbocycles. The summed E-state index contributed by atoms with van der Waals surface area (Å²) in [4.78, 5) is 14.4. The number of carbonyl (C=O) groups is 1. The molecule has 0 bridgehead atoms. The van der Waals surface area contributed by atoms with E-state index >= 15 is 0 Å². The van der Waals surface area contributed by atoms with Crippen LogP contribution in [0.1, 0.15) is 31.9 Å². The van der Waals surface area contributed by atoms with Crippen LogP contribution in [0.4, 0.5) is 4.79 Å². The van der Waals surface area contributed by atoms with Crippen molar-refractivity contribution in [3.8, 4) is 5.75 Å². The zero-order chi connectivity index (χ0) is 22.1. The molecule has 2 aromatic carbocycles. The van der Waals surface area contributed by atoms with Gasteiger partial charge in [0.1, 0.15) is 11.4 Å². The molecule has 30 heavy (non-hydrogen) atoms. The average Bonchev–Trinajstić information content (AvgIpc) is 2.66. The molecule has 2 atom stereocenters. The van der Waals surface area contributed by atoms with Crippen LogP contribution in [0.15, 0.2) is 54.6 Å². The van der Waals surface area contributed by atoms with E-state index in [1.807, 2.05) is 87.3 Å². The molecule has 2 aromatic rings. The second-order valence-corrected chi connectivity index (χ2v) is 8.56. The van der Waals surface area contributed by atoms with Gasteiger partial charge in [-0.3, -0.25) is 4.90 Å². The van der Waals surface area contributed by atoms with E-state index in [1.165, 1.54) is 0 Å². The highest BCUT2D eigenvalue weighted by Gasteiger charge is 2.26. The highest BCUT2D eigenvalue weighted by atomic mass is 16.6. The number of nitrogens with one attached hydrogen (secondary N) is 1. The van der Waals surface area contributed by atoms with Gasteiger partial charge in [-0.25, -0.2) is 4.79 Å². The third-order valence-corrected chi connectivity index (χ3v) is 4.55. The van der Waals surface area contributed by atoms with Crippen molar-refractivity contribution in [1.82, 2.24) is 10.2 Å². The Bertz CT molecular complexity index is 789. The van der Waals surface area contributed by atoms with E-state index in [0.717, 1.165) is 16.9 Å². The molecule has 164 valence electrons. The van der Waals surface area contributed by atoms with Crippen molar-refractivity contribution in [1.29, 1.82) is 0 Å². The Morgan fingerprint density at radius 2 is 1.77 bits per heavy atom. The molecule has 0 aliphatic rings. The number of hydrogen-bond acceptors (Lipinski definition) is 5. The fourth-order valence-corrected chi connectivity index (χ4v) is 3.20. The normalized spacial score (nSPS) is 13.6. The summed E-state index contributed by atoms with van der Waals surface area (Å²) in [6.07, 6.45) is -0.792. The van der Waals surface area contributed by atoms with E-state index in [-0.39, 0.29) is 0 Å². The summed E-state index contributed by atoms with van der Waals surface area (Å²) in [5, 5.41) is 13.8. The van der Waals surface area contributed by atoms with Gasteiger partial charge in [0.2, 0.25) is 0 Å². The summed E-state index contributed by atoms with van der Waals surface area (Å²) in [6.45, 7) is 6.49. The molecule has 2 rings (SSSR count). The molecule has 0 aliphatic heterocycles. The van der Waals surface area contributed by atoms with Gasteiger partial charge in [0, 0.05) is 13.1 Å². The second kappa shape index (κ2) is 11.0. The maximum Gasteiger partial charge on any atom is 0.407 e. The Morgan fingerprint density at radius 3 is 2.40 bits per heavy atom. The number of benzene rings is 2. The minimum atomic E-state index is -0.770. The van der Waals surface area contributed by atoms with Gasteiger partial charge < -0.3 is 19.9 Å². The fraction of sp³-hybridized carbons (Fsp3) is 0.458. The Kier molecular flexibility index (Phi) is 8.69. The Hall–Kier alpha value is -2.57. The van der Waals surface area contributed by atoms with Crippen molar-refractivity contribution in [2.24, 2.45) is 0 Å². The van der Waals surface area contributed by atoms with E-state index in [9.17, 15) is 9.90 Å². The summed E-state index contributed by atoms with van der Waals surface area (Å²) < 4.78 is 10.7. The molecule has 0 aromatic heterocycles. The van der Waals surface area contributed by atoms with Gasteiger partial charge in [-0.2, -0.15) is 0 Å². The van der Waals surface area contributed by atoms with Crippen LogP contribution in [0.25, 0.3) is 0 Å². The van der Waals surface area contributed by atoms with Gasteiger partial charge in [-0.05, 0) is 57.5 Å². The minimum absolute atomic E-state index is 0.393. The van der Waals surface area contributed by atoms with E-state index < -0.39 is 23.8 Å². The van der Waals surface area contributed by atoms with E-state index in [0.29, 0.717) is 19.5 Å². The molecule has 0 spiro atoms. The molecule has 0 saturated heterocycles. The lowest BCUT2D eigenvalue weighted by atomic mass is 10.0. The summed E-state index contributed by atoms with van der Waals surface area (Å²) in [5.41, 5.74) is 1.52. The maximum absolute atomic E-state index is 12.3. The molecule has 0 radical (unpaired) electrons. The molecule has 0 heterocycles. The number of nitrogens with zero attached hydrogens (tertiary/aromatic N) is 1. The Balaban J connectivity index is 2.04. The smallest absolute Gasteiger partial charge is 0.407 e. The second-order valence-electron chi connectivity index (χ2n) is 8.56. The van der Waals surface area contributed by atoms with Crippen LogP contribution in [0, 0.1) is 0 Å². The van der Waals surface area contributed by atoms with Crippen LogP contribution >= 0.6 is 0 Å². The number of hydrogen-bond donors (Lipinski definition) is 2. The van der Waals surface area contributed by atoms with Gasteiger partial charge in [-0.1, -0.05) is 42.5 Å². The summed E-state index contributed by atoms with van der Waals surface area (Å²) >= 11 is 0. The Morgan fingerprint density at radius 1 is 1.10 bits per heavy atom. The number of amides is 1. The van der Waals surface area contributed by atoms with E-state index in [2.05, 4.69) is 5.32 Å². The number of aliphatic hydroxyl groups is 1. The van der Waals surface area contributed by atoms with Gasteiger partial charge in [0.05, 0.1) is 19.3 Å². The molecule has 6 nitrogen and oxygen atoms in total. The van der Waals surface area contributed by atoms with Gasteiger partial charge >= 0.3 is 6.09 Å². The van der Waals surface area contributed by atoms with Crippen LogP contribution in [-0.4, -0.2) is 54.5 Å². The number of methoxy groups -OCH3 is 1. The number of likely N-dealkylation sites (N-methyl/N-ethyl adjacent to an activating group) is 1. The van der Waals surface area contributed by atoms with Crippen molar-refractivity contribution in [3.05, 3.63) is 65.7 Å². The highest BCUT2D eigenvalue weighted by Crippen LogP contribution is 2.15. The maximum atomic E-state index is 12.3. The van der Waals surface area contributed by atoms with E-state index in [1.54, 1.807) is 7.11 Å². The SMILES string of the molecule is COc1cccc(CN(C)C[C@H](O)[C@H](Cc2ccccc2)NC(=O)OC(C)(C)C)c1. The quantitative estimate of drug-likeness (QED) is 0.656. The van der Waals surface area contributed by atoms with Gasteiger partial charge in [0.25, 0.3) is 0 Å². The first-order valence-electron chi connectivity index (χ1n) is 10.2. The van der Waals surface area contributed by atoms with Crippen LogP contribution in [0.2, 0.25) is 0 Å². The topological polar surface area (TPSA) is 71.0 Å². The molecule has 0 aliphatic carbocycles. The molecule has 0 unspecified atom stereocenters. The standard InChI is InChI=1S/C24H34N2O4/c1-24(2,3)30-23(28)25-21(15-18-10-7-6-8-11-18)22(27)17-26(4)16-19-12-9-13-20(14-19)29-5/h6-14,21-22,27H,15-17H2,1-5H3,(H,25,28)/t21-,22-/m0/s1. The van der Waals surface area contributed by atoms with Crippen LogP contribution < -0.4 is 10.1 Å². The first-order valence-corrected chi connectivity index (χ1v) is 10.2. The number of aliphatic hydroxyl groups excluding tert-OH is 1. The molecular formula is C24H34N2O4. The van der Waals surface area contributed by atoms with Crippen molar-refractivity contribution in [3.63, 3.8) is 0 Å². The first kappa shape index (κ1) is 23.7. The predicted molar refractivity (Wildman–Crippen MR) is 119 cm³/mol. The highest BCUT2D eigenvalue weighted by molar-refractivity contribution is 5.68. The monoisotopic (exact) mass is 414 g/mol. The molecule has 1 amide bonds. The van der Waals surface area contributed by atoms with Gasteiger partial charge in [0.15, 0.2) is 0 Å². The third-order valence-electron chi connectivity index (χ3n) is 4.55. The molecule has 6 heteroatoms. The summed E-state index contributed by atoms with van der Waals surface area (Å²) in [7, 11) is 3.58. The number of rotatable bonds is 9. The number of ether oxygens (including phenoxy) is 2. The zero-order valence-electron chi connectivity index (χ0n) is 18.6. The predicted octanol–water partition coefficient (Wildman–Crippen LogP) is 3.62. The van der Waals surface area contributed by atoms with E-state index in [4.69, 9.17) is 9.47 Å². The first-order chi connectivity index (χ1) is 14.2. The summed E-state index contributed by atoms with van der Waals surface area (Å²) in [5.74, 6) is 0.801. The average molecular weight is 415 g/mol. The van der Waals surface area contributed by atoms with Crippen LogP contribution in [-0.2, 0) is 17.7 Å².